The van der Waals surface area contributed by atoms with Crippen molar-refractivity contribution in [3.05, 3.63) is 34.0 Å². The third-order valence-corrected chi connectivity index (χ3v) is 5.16. The molecular weight excluding hydrogens is 557 g/mol. The molecule has 0 unspecified atom stereocenters. The Bertz CT molecular complexity index is 1240. The van der Waals surface area contributed by atoms with E-state index < -0.39 is 82.1 Å². The van der Waals surface area contributed by atoms with Gasteiger partial charge in [0.25, 0.3) is 0 Å². The smallest absolute Gasteiger partial charge is 0.873 e. The Morgan fingerprint density at radius 3 is 1.86 bits per heavy atom. The summed E-state index contributed by atoms with van der Waals surface area (Å²) in [4.78, 5) is 12.8. The van der Waals surface area contributed by atoms with Gasteiger partial charge < -0.3 is 60.2 Å². The summed E-state index contributed by atoms with van der Waals surface area (Å²) in [6, 6.07) is 2.28. The first-order chi connectivity index (χ1) is 17.0. The molecule has 0 amide bonds. The molecule has 200 valence electrons. The normalized spacial score (nSPS) is 22.9. The standard InChI is InChI=1S/C19H18O11.2C2H6O.Ge/c20-4-11-15(25)17(27)18(28)19(30-11)12-8(23)3-10-13(16(12)26)14(24)5-1-6(21)7(22)2-9(5)29-10;2*1-2-3;/h1-3,11,15,17-23,25-28H,4H2;2*3H,2H2,1H3;/q;;;+4/p-4/t11-,15-,17+,18-,19+;;;/m1.../s1. The van der Waals surface area contributed by atoms with Gasteiger partial charge in [0.1, 0.15) is 41.7 Å². The monoisotopic (exact) mass is 584 g/mol. The van der Waals surface area contributed by atoms with E-state index in [4.69, 9.17) is 19.4 Å². The molecule has 0 spiro atoms. The van der Waals surface area contributed by atoms with Gasteiger partial charge in [0, 0.05) is 13.2 Å². The minimum Gasteiger partial charge on any atom is -0.873 e. The first-order valence-corrected chi connectivity index (χ1v) is 10.8. The average molecular weight is 583 g/mol. The van der Waals surface area contributed by atoms with Gasteiger partial charge in [-0.3, -0.25) is 4.79 Å². The third-order valence-electron chi connectivity index (χ3n) is 5.16. The Hall–Kier alpha value is -2.63. The van der Waals surface area contributed by atoms with Gasteiger partial charge >= 0.3 is 17.6 Å². The molecular formula is C23H26GeO13. The summed E-state index contributed by atoms with van der Waals surface area (Å²) in [7, 11) is 0. The van der Waals surface area contributed by atoms with E-state index in [1.165, 1.54) is 0 Å². The molecule has 14 heteroatoms. The Labute approximate surface area is 221 Å². The third kappa shape index (κ3) is 6.45. The van der Waals surface area contributed by atoms with E-state index in [1.807, 2.05) is 0 Å². The second-order valence-electron chi connectivity index (χ2n) is 7.60. The average Bonchev–Trinajstić information content (AvgIpc) is 2.81. The van der Waals surface area contributed by atoms with Crippen LogP contribution < -0.4 is 25.9 Å². The molecule has 3 aromatic rings. The van der Waals surface area contributed by atoms with E-state index in [9.17, 15) is 45.6 Å². The topological polar surface area (TPSA) is 253 Å². The van der Waals surface area contributed by atoms with Gasteiger partial charge in [-0.05, 0) is 31.5 Å². The van der Waals surface area contributed by atoms with Gasteiger partial charge in [-0.25, -0.2) is 0 Å². The van der Waals surface area contributed by atoms with Crippen molar-refractivity contribution in [3.63, 3.8) is 0 Å². The Morgan fingerprint density at radius 2 is 1.32 bits per heavy atom. The molecule has 1 aromatic heterocycles. The Morgan fingerprint density at radius 1 is 0.811 bits per heavy atom. The zero-order valence-corrected chi connectivity index (χ0v) is 21.9. The molecule has 5 atom stereocenters. The predicted molar refractivity (Wildman–Crippen MR) is 122 cm³/mol. The quantitative estimate of drug-likeness (QED) is 0.126. The van der Waals surface area contributed by atoms with Crippen molar-refractivity contribution < 1.29 is 60.2 Å². The van der Waals surface area contributed by atoms with Gasteiger partial charge in [0.05, 0.1) is 17.4 Å². The molecule has 2 heterocycles. The molecule has 1 aliphatic heterocycles. The van der Waals surface area contributed by atoms with Gasteiger partial charge in [-0.1, -0.05) is 17.6 Å². The Balaban J connectivity index is 0.000000894. The number of benzene rings is 2. The van der Waals surface area contributed by atoms with Crippen molar-refractivity contribution in [1.82, 2.24) is 0 Å². The number of hydrogen-bond acceptors (Lipinski definition) is 13. The minimum absolute atomic E-state index is 0. The summed E-state index contributed by atoms with van der Waals surface area (Å²) in [6.07, 6.45) is -8.60. The number of fused-ring (bicyclic) bond motifs is 2. The van der Waals surface area contributed by atoms with Crippen LogP contribution in [-0.4, -0.2) is 92.5 Å². The summed E-state index contributed by atoms with van der Waals surface area (Å²) in [6.45, 7) is 3.08. The van der Waals surface area contributed by atoms with Crippen molar-refractivity contribution >= 4 is 39.5 Å². The number of ether oxygens (including phenoxy) is 1. The zero-order chi connectivity index (χ0) is 27.3. The van der Waals surface area contributed by atoms with Crippen molar-refractivity contribution in [2.75, 3.05) is 19.8 Å². The van der Waals surface area contributed by atoms with Gasteiger partial charge in [-0.2, -0.15) is 0 Å². The molecule has 0 radical (unpaired) electrons. The Kier molecular flexibility index (Phi) is 12.1. The fraction of sp³-hybridized carbons (Fsp3) is 0.435. The molecule has 0 aliphatic carbocycles. The molecule has 1 saturated heterocycles. The maximum Gasteiger partial charge on any atom is 4.00 e. The van der Waals surface area contributed by atoms with Crippen molar-refractivity contribution in [2.45, 2.75) is 44.4 Å². The van der Waals surface area contributed by atoms with Gasteiger partial charge in [0.15, 0.2) is 5.43 Å². The second-order valence-corrected chi connectivity index (χ2v) is 7.60. The number of rotatable bonds is 2. The zero-order valence-electron chi connectivity index (χ0n) is 19.8. The van der Waals surface area contributed by atoms with E-state index >= 15 is 0 Å². The molecule has 0 bridgehead atoms. The SMILES string of the molecule is CCO.CCO.O=c1c2cc([O-])c([O-])cc2oc2cc([O-])c([C@@H]3O[C@H](CO)[C@@H](O)[C@H](O)[C@H]3O)c([O-])c12.[Ge+4]. The van der Waals surface area contributed by atoms with Crippen LogP contribution in [0, 0.1) is 0 Å². The van der Waals surface area contributed by atoms with Crippen LogP contribution in [0.4, 0.5) is 0 Å². The maximum atomic E-state index is 13.0. The van der Waals surface area contributed by atoms with Crippen LogP contribution in [0.15, 0.2) is 27.4 Å². The predicted octanol–water partition coefficient (Wildman–Crippen LogP) is -3.63. The largest absolute Gasteiger partial charge is 4.00 e. The van der Waals surface area contributed by atoms with E-state index in [0.717, 1.165) is 18.2 Å². The summed E-state index contributed by atoms with van der Waals surface area (Å²) in [5.41, 5.74) is -2.40. The molecule has 0 saturated carbocycles. The van der Waals surface area contributed by atoms with Crippen molar-refractivity contribution in [3.8, 4) is 23.0 Å². The summed E-state index contributed by atoms with van der Waals surface area (Å²) >= 11 is 0. The summed E-state index contributed by atoms with van der Waals surface area (Å²) < 4.78 is 10.6. The van der Waals surface area contributed by atoms with Crippen LogP contribution in [0.2, 0.25) is 0 Å². The number of hydrogen-bond donors (Lipinski definition) is 6. The van der Waals surface area contributed by atoms with Gasteiger partial charge in [-0.15, -0.1) is 11.5 Å². The van der Waals surface area contributed by atoms with Crippen molar-refractivity contribution in [2.24, 2.45) is 0 Å². The molecule has 1 fully saturated rings. The first-order valence-electron chi connectivity index (χ1n) is 10.8. The fourth-order valence-electron chi connectivity index (χ4n) is 3.59. The number of aliphatic hydroxyl groups is 6. The minimum atomic E-state index is -1.91. The maximum absolute atomic E-state index is 13.0. The van der Waals surface area contributed by atoms with Gasteiger partial charge in [0.2, 0.25) is 0 Å². The van der Waals surface area contributed by atoms with E-state index in [-0.39, 0.29) is 41.8 Å². The molecule has 4 rings (SSSR count). The summed E-state index contributed by atoms with van der Waals surface area (Å²) in [5, 5.41) is 102. The molecule has 2 aromatic carbocycles. The fourth-order valence-corrected chi connectivity index (χ4v) is 3.59. The van der Waals surface area contributed by atoms with Crippen LogP contribution in [0.5, 0.6) is 23.0 Å². The number of aliphatic hydroxyl groups excluding tert-OH is 6. The molecule has 13 nitrogen and oxygen atoms in total. The second kappa shape index (κ2) is 13.8. The molecule has 6 N–H and O–H groups in total. The van der Waals surface area contributed by atoms with E-state index in [2.05, 4.69) is 0 Å². The van der Waals surface area contributed by atoms with E-state index in [1.54, 1.807) is 13.8 Å². The first kappa shape index (κ1) is 32.4. The van der Waals surface area contributed by atoms with Crippen LogP contribution in [0.1, 0.15) is 25.5 Å². The van der Waals surface area contributed by atoms with Crippen LogP contribution >= 0.6 is 0 Å². The van der Waals surface area contributed by atoms with E-state index in [0.29, 0.717) is 0 Å². The van der Waals surface area contributed by atoms with Crippen molar-refractivity contribution in [1.29, 1.82) is 0 Å². The van der Waals surface area contributed by atoms with Crippen LogP contribution in [0.3, 0.4) is 0 Å². The van der Waals surface area contributed by atoms with Crippen LogP contribution in [-0.2, 0) is 4.74 Å². The summed E-state index contributed by atoms with van der Waals surface area (Å²) in [5.74, 6) is -4.10. The molecule has 37 heavy (non-hydrogen) atoms. The molecule has 1 aliphatic rings. The van der Waals surface area contributed by atoms with Crippen LogP contribution in [0.25, 0.3) is 21.9 Å².